The molecule has 0 saturated heterocycles. The van der Waals surface area contributed by atoms with Crippen molar-refractivity contribution in [1.82, 2.24) is 0 Å². The van der Waals surface area contributed by atoms with Crippen LogP contribution < -0.4 is 9.62 Å². The molecule has 2 rings (SSSR count). The first-order valence-electron chi connectivity index (χ1n) is 8.04. The summed E-state index contributed by atoms with van der Waals surface area (Å²) >= 11 is 0. The molecule has 0 aliphatic rings. The fourth-order valence-corrected chi connectivity index (χ4v) is 3.87. The van der Waals surface area contributed by atoms with Gasteiger partial charge in [0.25, 0.3) is 0 Å². The minimum absolute atomic E-state index is 0.377. The van der Waals surface area contributed by atoms with Crippen LogP contribution in [-0.2, 0) is 14.8 Å². The Morgan fingerprint density at radius 1 is 1.00 bits per heavy atom. The number of carbonyl (C=O) groups excluding carboxylic acids is 1. The number of hydrogen-bond acceptors (Lipinski definition) is 3. The van der Waals surface area contributed by atoms with Crippen LogP contribution in [0.4, 0.5) is 11.4 Å². The molecule has 0 aromatic heterocycles. The van der Waals surface area contributed by atoms with Crippen molar-refractivity contribution in [3.05, 3.63) is 59.2 Å². The first kappa shape index (κ1) is 19.0. The Morgan fingerprint density at radius 3 is 2.08 bits per heavy atom. The molecule has 5 nitrogen and oxygen atoms in total. The van der Waals surface area contributed by atoms with E-state index in [1.807, 2.05) is 51.1 Å². The van der Waals surface area contributed by atoms with E-state index in [1.165, 1.54) is 0 Å². The van der Waals surface area contributed by atoms with Gasteiger partial charge in [-0.2, -0.15) is 0 Å². The Hall–Kier alpha value is -2.34. The van der Waals surface area contributed by atoms with E-state index in [1.54, 1.807) is 19.1 Å². The van der Waals surface area contributed by atoms with Gasteiger partial charge in [0.1, 0.15) is 6.04 Å². The fourth-order valence-electron chi connectivity index (χ4n) is 2.69. The summed E-state index contributed by atoms with van der Waals surface area (Å²) < 4.78 is 25.7. The molecule has 1 N–H and O–H groups in total. The van der Waals surface area contributed by atoms with E-state index in [2.05, 4.69) is 5.32 Å². The second kappa shape index (κ2) is 7.27. The summed E-state index contributed by atoms with van der Waals surface area (Å²) in [6, 6.07) is 11.9. The highest BCUT2D eigenvalue weighted by Crippen LogP contribution is 2.23. The van der Waals surface area contributed by atoms with E-state index in [4.69, 9.17) is 0 Å². The lowest BCUT2D eigenvalue weighted by Gasteiger charge is -2.28. The van der Waals surface area contributed by atoms with E-state index in [-0.39, 0.29) is 5.91 Å². The third kappa shape index (κ3) is 4.60. The Labute approximate surface area is 149 Å². The van der Waals surface area contributed by atoms with Crippen LogP contribution >= 0.6 is 0 Å². The van der Waals surface area contributed by atoms with Crippen LogP contribution in [-0.4, -0.2) is 26.6 Å². The smallest absolute Gasteiger partial charge is 0.248 e. The van der Waals surface area contributed by atoms with E-state index >= 15 is 0 Å². The number of sulfonamides is 1. The van der Waals surface area contributed by atoms with E-state index in [0.29, 0.717) is 11.4 Å². The van der Waals surface area contributed by atoms with Gasteiger partial charge in [0.05, 0.1) is 11.9 Å². The highest BCUT2D eigenvalue weighted by Gasteiger charge is 2.29. The van der Waals surface area contributed by atoms with Gasteiger partial charge in [-0.25, -0.2) is 8.42 Å². The SMILES string of the molecule is Cc1ccc(N([C@H](C)C(=O)Nc2ccc(C)cc2C)S(C)(=O)=O)cc1. The second-order valence-electron chi connectivity index (χ2n) is 6.38. The molecule has 1 atom stereocenters. The lowest BCUT2D eigenvalue weighted by atomic mass is 10.1. The maximum atomic E-state index is 12.7. The number of benzene rings is 2. The van der Waals surface area contributed by atoms with Crippen molar-refractivity contribution < 1.29 is 13.2 Å². The van der Waals surface area contributed by atoms with Gasteiger partial charge >= 0.3 is 0 Å². The quantitative estimate of drug-likeness (QED) is 0.888. The van der Waals surface area contributed by atoms with Crippen LogP contribution in [0.2, 0.25) is 0 Å². The molecule has 0 aliphatic heterocycles. The van der Waals surface area contributed by atoms with Crippen molar-refractivity contribution in [2.45, 2.75) is 33.7 Å². The van der Waals surface area contributed by atoms with Crippen molar-refractivity contribution in [2.24, 2.45) is 0 Å². The summed E-state index contributed by atoms with van der Waals surface area (Å²) in [4.78, 5) is 12.7. The molecule has 0 unspecified atom stereocenters. The lowest BCUT2D eigenvalue weighted by molar-refractivity contribution is -0.116. The van der Waals surface area contributed by atoms with Crippen LogP contribution in [0.15, 0.2) is 42.5 Å². The molecule has 0 aliphatic carbocycles. The highest BCUT2D eigenvalue weighted by atomic mass is 32.2. The van der Waals surface area contributed by atoms with Crippen molar-refractivity contribution >= 4 is 27.3 Å². The third-order valence-electron chi connectivity index (χ3n) is 4.02. The normalized spacial score (nSPS) is 12.5. The van der Waals surface area contributed by atoms with Gasteiger partial charge in [-0.15, -0.1) is 0 Å². The van der Waals surface area contributed by atoms with Crippen LogP contribution in [0.25, 0.3) is 0 Å². The molecule has 0 saturated carbocycles. The van der Waals surface area contributed by atoms with Crippen LogP contribution in [0, 0.1) is 20.8 Å². The zero-order valence-corrected chi connectivity index (χ0v) is 16.0. The standard InChI is InChI=1S/C19H24N2O3S/c1-13-6-9-17(10-7-13)21(25(5,23)24)16(4)19(22)20-18-11-8-14(2)12-15(18)3/h6-12,16H,1-5H3,(H,20,22)/t16-/m1/s1. The van der Waals surface area contributed by atoms with Crippen molar-refractivity contribution in [3.63, 3.8) is 0 Å². The van der Waals surface area contributed by atoms with Crippen LogP contribution in [0.3, 0.4) is 0 Å². The fraction of sp³-hybridized carbons (Fsp3) is 0.316. The maximum absolute atomic E-state index is 12.7. The summed E-state index contributed by atoms with van der Waals surface area (Å²) in [5.41, 5.74) is 4.20. The highest BCUT2D eigenvalue weighted by molar-refractivity contribution is 7.92. The second-order valence-corrected chi connectivity index (χ2v) is 8.24. The zero-order chi connectivity index (χ0) is 18.8. The number of carbonyl (C=O) groups is 1. The number of anilines is 2. The molecule has 0 spiro atoms. The van der Waals surface area contributed by atoms with Gasteiger partial charge in [0.2, 0.25) is 15.9 Å². The summed E-state index contributed by atoms with van der Waals surface area (Å²) in [7, 11) is -3.61. The Bertz CT molecular complexity index is 874. The molecular formula is C19H24N2O3S. The Kier molecular flexibility index (Phi) is 5.52. The van der Waals surface area contributed by atoms with Gasteiger partial charge in [0, 0.05) is 5.69 Å². The first-order valence-corrected chi connectivity index (χ1v) is 9.88. The van der Waals surface area contributed by atoms with Gasteiger partial charge in [0.15, 0.2) is 0 Å². The summed E-state index contributed by atoms with van der Waals surface area (Å²) in [5, 5.41) is 2.83. The monoisotopic (exact) mass is 360 g/mol. The number of amides is 1. The van der Waals surface area contributed by atoms with Gasteiger partial charge in [-0.05, 0) is 51.5 Å². The molecule has 2 aromatic carbocycles. The lowest BCUT2D eigenvalue weighted by Crippen LogP contribution is -2.45. The van der Waals surface area contributed by atoms with E-state index < -0.39 is 16.1 Å². The zero-order valence-electron chi connectivity index (χ0n) is 15.2. The average molecular weight is 360 g/mol. The van der Waals surface area contributed by atoms with Gasteiger partial charge in [-0.1, -0.05) is 35.4 Å². The molecule has 6 heteroatoms. The predicted octanol–water partition coefficient (Wildman–Crippen LogP) is 3.41. The minimum atomic E-state index is -3.61. The number of rotatable bonds is 5. The van der Waals surface area contributed by atoms with Gasteiger partial charge in [-0.3, -0.25) is 9.10 Å². The summed E-state index contributed by atoms with van der Waals surface area (Å²) in [6.07, 6.45) is 1.10. The number of aryl methyl sites for hydroxylation is 3. The Balaban J connectivity index is 2.31. The van der Waals surface area contributed by atoms with Gasteiger partial charge < -0.3 is 5.32 Å². The summed E-state index contributed by atoms with van der Waals surface area (Å²) in [5.74, 6) is -0.377. The molecule has 0 radical (unpaired) electrons. The average Bonchev–Trinajstić information content (AvgIpc) is 2.50. The van der Waals surface area contributed by atoms with Crippen molar-refractivity contribution in [1.29, 1.82) is 0 Å². The predicted molar refractivity (Wildman–Crippen MR) is 103 cm³/mol. The maximum Gasteiger partial charge on any atom is 0.248 e. The largest absolute Gasteiger partial charge is 0.324 e. The third-order valence-corrected chi connectivity index (χ3v) is 5.26. The summed E-state index contributed by atoms with van der Waals surface area (Å²) in [6.45, 7) is 7.39. The first-order chi connectivity index (χ1) is 11.6. The molecule has 0 bridgehead atoms. The van der Waals surface area contributed by atoms with Crippen LogP contribution in [0.1, 0.15) is 23.6 Å². The number of hydrogen-bond donors (Lipinski definition) is 1. The van der Waals surface area contributed by atoms with E-state index in [9.17, 15) is 13.2 Å². The molecular weight excluding hydrogens is 336 g/mol. The molecule has 1 amide bonds. The molecule has 134 valence electrons. The topological polar surface area (TPSA) is 66.5 Å². The van der Waals surface area contributed by atoms with Crippen molar-refractivity contribution in [2.75, 3.05) is 15.9 Å². The Morgan fingerprint density at radius 2 is 1.56 bits per heavy atom. The molecule has 2 aromatic rings. The van der Waals surface area contributed by atoms with E-state index in [0.717, 1.165) is 27.3 Å². The van der Waals surface area contributed by atoms with Crippen LogP contribution in [0.5, 0.6) is 0 Å². The molecule has 0 heterocycles. The molecule has 0 fully saturated rings. The molecule has 25 heavy (non-hydrogen) atoms. The number of nitrogens with one attached hydrogen (secondary N) is 1. The minimum Gasteiger partial charge on any atom is -0.324 e. The number of nitrogens with zero attached hydrogens (tertiary/aromatic N) is 1. The van der Waals surface area contributed by atoms with Crippen molar-refractivity contribution in [3.8, 4) is 0 Å².